The van der Waals surface area contributed by atoms with Crippen LogP contribution in [0.3, 0.4) is 0 Å². The third-order valence-corrected chi connectivity index (χ3v) is 7.67. The Balaban J connectivity index is 1.62. The van der Waals surface area contributed by atoms with Crippen LogP contribution in [0, 0.1) is 13.8 Å². The predicted molar refractivity (Wildman–Crippen MR) is 109 cm³/mol. The van der Waals surface area contributed by atoms with Gasteiger partial charge in [0.1, 0.15) is 0 Å². The van der Waals surface area contributed by atoms with Gasteiger partial charge in [0.25, 0.3) is 0 Å². The molecule has 0 aliphatic carbocycles. The second-order valence-corrected chi connectivity index (χ2v) is 9.75. The number of piperazine rings is 1. The van der Waals surface area contributed by atoms with Crippen LogP contribution in [0.15, 0.2) is 39.7 Å². The van der Waals surface area contributed by atoms with Gasteiger partial charge in [-0.2, -0.15) is 4.31 Å². The summed E-state index contributed by atoms with van der Waals surface area (Å²) >= 11 is 3.32. The van der Waals surface area contributed by atoms with Gasteiger partial charge in [0.2, 0.25) is 10.0 Å². The monoisotopic (exact) mass is 453 g/mol. The number of aromatic nitrogens is 1. The number of benzene rings is 1. The normalized spacial score (nSPS) is 16.6. The second kappa shape index (κ2) is 7.87. The minimum Gasteiger partial charge on any atom is -0.351 e. The Morgan fingerprint density at radius 3 is 2.19 bits per heavy atom. The highest BCUT2D eigenvalue weighted by molar-refractivity contribution is 9.10. The van der Waals surface area contributed by atoms with Crippen molar-refractivity contribution in [3.8, 4) is 0 Å². The third kappa shape index (κ3) is 4.18. The summed E-state index contributed by atoms with van der Waals surface area (Å²) in [4.78, 5) is 15.0. The van der Waals surface area contributed by atoms with Crippen molar-refractivity contribution in [1.29, 1.82) is 0 Å². The van der Waals surface area contributed by atoms with Crippen molar-refractivity contribution in [1.82, 2.24) is 13.8 Å². The van der Waals surface area contributed by atoms with Crippen LogP contribution in [0.4, 0.5) is 0 Å². The SMILES string of the molecule is Cc1cc(C(=O)CN2CCN(S(=O)(=O)c3ccc(Br)cc3)CC2)c(C)n1C. The zero-order chi connectivity index (χ0) is 19.8. The van der Waals surface area contributed by atoms with Crippen LogP contribution >= 0.6 is 15.9 Å². The Labute approximate surface area is 168 Å². The molecule has 0 unspecified atom stereocenters. The first-order chi connectivity index (χ1) is 12.7. The highest BCUT2D eigenvalue weighted by Crippen LogP contribution is 2.20. The Bertz CT molecular complexity index is 943. The van der Waals surface area contributed by atoms with E-state index in [0.717, 1.165) is 21.4 Å². The standard InChI is InChI=1S/C19H24BrN3O3S/c1-14-12-18(15(2)21(14)3)19(24)13-22-8-10-23(11-9-22)27(25,26)17-6-4-16(20)5-7-17/h4-7,12H,8-11,13H2,1-3H3. The fourth-order valence-corrected chi connectivity index (χ4v) is 5.00. The van der Waals surface area contributed by atoms with Crippen molar-refractivity contribution in [2.75, 3.05) is 32.7 Å². The fourth-order valence-electron chi connectivity index (χ4n) is 3.31. The van der Waals surface area contributed by atoms with Gasteiger partial charge in [-0.1, -0.05) is 15.9 Å². The van der Waals surface area contributed by atoms with Crippen LogP contribution in [-0.2, 0) is 17.1 Å². The number of aryl methyl sites for hydroxylation is 1. The van der Waals surface area contributed by atoms with Crippen LogP contribution in [0.25, 0.3) is 0 Å². The summed E-state index contributed by atoms with van der Waals surface area (Å²) in [5.41, 5.74) is 2.77. The van der Waals surface area contributed by atoms with Gasteiger partial charge in [-0.25, -0.2) is 8.42 Å². The average molecular weight is 454 g/mol. The van der Waals surface area contributed by atoms with Crippen molar-refractivity contribution in [3.63, 3.8) is 0 Å². The molecule has 2 aromatic rings. The molecule has 2 heterocycles. The zero-order valence-electron chi connectivity index (χ0n) is 15.8. The van der Waals surface area contributed by atoms with E-state index in [1.165, 1.54) is 4.31 Å². The molecule has 1 aliphatic rings. The van der Waals surface area contributed by atoms with E-state index in [9.17, 15) is 13.2 Å². The number of Topliss-reactive ketones (excluding diaryl/α,β-unsaturated/α-hetero) is 1. The lowest BCUT2D eigenvalue weighted by atomic mass is 10.1. The second-order valence-electron chi connectivity index (χ2n) is 6.90. The summed E-state index contributed by atoms with van der Waals surface area (Å²) in [5, 5.41) is 0. The van der Waals surface area contributed by atoms with Gasteiger partial charge >= 0.3 is 0 Å². The average Bonchev–Trinajstić information content (AvgIpc) is 2.90. The Morgan fingerprint density at radius 2 is 1.67 bits per heavy atom. The molecule has 0 atom stereocenters. The number of nitrogens with zero attached hydrogens (tertiary/aromatic N) is 3. The van der Waals surface area contributed by atoms with Gasteiger partial charge in [-0.15, -0.1) is 0 Å². The molecule has 146 valence electrons. The summed E-state index contributed by atoms with van der Waals surface area (Å²) in [6.45, 7) is 6.12. The number of ketones is 1. The van der Waals surface area contributed by atoms with E-state index >= 15 is 0 Å². The van der Waals surface area contributed by atoms with E-state index in [1.807, 2.05) is 36.4 Å². The Kier molecular flexibility index (Phi) is 5.90. The van der Waals surface area contributed by atoms with Crippen molar-refractivity contribution in [2.45, 2.75) is 18.7 Å². The first-order valence-electron chi connectivity index (χ1n) is 8.84. The van der Waals surface area contributed by atoms with Gasteiger partial charge < -0.3 is 4.57 Å². The summed E-state index contributed by atoms with van der Waals surface area (Å²) in [7, 11) is -1.54. The van der Waals surface area contributed by atoms with Gasteiger partial charge in [0.15, 0.2) is 5.78 Å². The van der Waals surface area contributed by atoms with E-state index in [4.69, 9.17) is 0 Å². The quantitative estimate of drug-likeness (QED) is 0.652. The van der Waals surface area contributed by atoms with Crippen LogP contribution in [0.5, 0.6) is 0 Å². The lowest BCUT2D eigenvalue weighted by molar-refractivity contribution is 0.0901. The molecule has 1 saturated heterocycles. The molecule has 27 heavy (non-hydrogen) atoms. The molecule has 3 rings (SSSR count). The maximum Gasteiger partial charge on any atom is 0.243 e. The number of carbonyl (C=O) groups excluding carboxylic acids is 1. The highest BCUT2D eigenvalue weighted by atomic mass is 79.9. The fraction of sp³-hybridized carbons (Fsp3) is 0.421. The van der Waals surface area contributed by atoms with E-state index in [2.05, 4.69) is 15.9 Å². The number of hydrogen-bond donors (Lipinski definition) is 0. The molecular formula is C19H24BrN3O3S. The summed E-state index contributed by atoms with van der Waals surface area (Å²) in [6.07, 6.45) is 0. The van der Waals surface area contributed by atoms with Gasteiger partial charge in [0.05, 0.1) is 11.4 Å². The zero-order valence-corrected chi connectivity index (χ0v) is 18.2. The molecule has 0 N–H and O–H groups in total. The molecule has 1 fully saturated rings. The number of hydrogen-bond acceptors (Lipinski definition) is 4. The number of rotatable bonds is 5. The van der Waals surface area contributed by atoms with Crippen molar-refractivity contribution in [2.24, 2.45) is 7.05 Å². The first kappa shape index (κ1) is 20.3. The van der Waals surface area contributed by atoms with E-state index < -0.39 is 10.0 Å². The van der Waals surface area contributed by atoms with Gasteiger partial charge in [0, 0.05) is 54.7 Å². The number of carbonyl (C=O) groups is 1. The van der Waals surface area contributed by atoms with Crippen molar-refractivity contribution in [3.05, 3.63) is 51.8 Å². The van der Waals surface area contributed by atoms with Crippen LogP contribution in [0.2, 0.25) is 0 Å². The molecule has 0 bridgehead atoms. The maximum absolute atomic E-state index is 12.8. The molecule has 0 saturated carbocycles. The lowest BCUT2D eigenvalue weighted by Crippen LogP contribution is -2.49. The van der Waals surface area contributed by atoms with Gasteiger partial charge in [-0.05, 0) is 44.2 Å². The summed E-state index contributed by atoms with van der Waals surface area (Å²) in [5.74, 6) is 0.0837. The van der Waals surface area contributed by atoms with Gasteiger partial charge in [-0.3, -0.25) is 9.69 Å². The highest BCUT2D eigenvalue weighted by Gasteiger charge is 2.29. The topological polar surface area (TPSA) is 62.6 Å². The molecule has 6 nitrogen and oxygen atoms in total. The van der Waals surface area contributed by atoms with E-state index in [0.29, 0.717) is 37.6 Å². The minimum atomic E-state index is -3.49. The molecule has 1 aliphatic heterocycles. The molecule has 0 radical (unpaired) electrons. The number of halogens is 1. The predicted octanol–water partition coefficient (Wildman–Crippen LogP) is 2.59. The van der Waals surface area contributed by atoms with Crippen molar-refractivity contribution >= 4 is 31.7 Å². The largest absolute Gasteiger partial charge is 0.351 e. The minimum absolute atomic E-state index is 0.0837. The lowest BCUT2D eigenvalue weighted by Gasteiger charge is -2.33. The van der Waals surface area contributed by atoms with Crippen molar-refractivity contribution < 1.29 is 13.2 Å². The summed E-state index contributed by atoms with van der Waals surface area (Å²) < 4.78 is 29.9. The van der Waals surface area contributed by atoms with E-state index in [-0.39, 0.29) is 5.78 Å². The third-order valence-electron chi connectivity index (χ3n) is 5.23. The Morgan fingerprint density at radius 1 is 1.07 bits per heavy atom. The van der Waals surface area contributed by atoms with Crippen LogP contribution in [-0.4, -0.2) is 60.7 Å². The molecule has 8 heteroatoms. The molecule has 0 spiro atoms. The van der Waals surface area contributed by atoms with E-state index in [1.54, 1.807) is 24.3 Å². The smallest absolute Gasteiger partial charge is 0.243 e. The van der Waals surface area contributed by atoms with Crippen LogP contribution in [0.1, 0.15) is 21.7 Å². The molecule has 1 aromatic carbocycles. The first-order valence-corrected chi connectivity index (χ1v) is 11.1. The number of sulfonamides is 1. The molecule has 0 amide bonds. The Hall–Kier alpha value is -1.48. The van der Waals surface area contributed by atoms with Crippen LogP contribution < -0.4 is 0 Å². The molecule has 1 aromatic heterocycles. The maximum atomic E-state index is 12.8. The molecular weight excluding hydrogens is 430 g/mol. The summed E-state index contributed by atoms with van der Waals surface area (Å²) in [6, 6.07) is 8.59.